The number of aryl methyl sites for hydroxylation is 1. The molecule has 2 amide bonds. The second-order valence-electron chi connectivity index (χ2n) is 6.04. The molecule has 2 heterocycles. The summed E-state index contributed by atoms with van der Waals surface area (Å²) in [5.74, 6) is 1.75. The standard InChI is InChI=1S/C19H25N3O3/c1-3-24-18-7-5-4-6-17(18)21-9-11-22(12-10-21)19(23)20-14-16-8-13-25-15(16)2/h4-8,13H,3,9-12,14H2,1-2H3,(H,20,23). The average Bonchev–Trinajstić information content (AvgIpc) is 3.05. The van der Waals surface area contributed by atoms with E-state index in [-0.39, 0.29) is 6.03 Å². The Balaban J connectivity index is 1.53. The Morgan fingerprint density at radius 1 is 1.20 bits per heavy atom. The maximum Gasteiger partial charge on any atom is 0.317 e. The number of nitrogens with one attached hydrogen (secondary N) is 1. The number of ether oxygens (including phenoxy) is 1. The van der Waals surface area contributed by atoms with Crippen LogP contribution in [0.3, 0.4) is 0 Å². The van der Waals surface area contributed by atoms with E-state index >= 15 is 0 Å². The summed E-state index contributed by atoms with van der Waals surface area (Å²) in [5.41, 5.74) is 2.11. The van der Waals surface area contributed by atoms with Crippen molar-refractivity contribution in [1.82, 2.24) is 10.2 Å². The van der Waals surface area contributed by atoms with Crippen LogP contribution in [0.15, 0.2) is 41.0 Å². The zero-order chi connectivity index (χ0) is 17.6. The number of benzene rings is 1. The largest absolute Gasteiger partial charge is 0.492 e. The Kier molecular flexibility index (Phi) is 5.48. The minimum atomic E-state index is -0.0293. The maximum atomic E-state index is 12.4. The fraction of sp³-hybridized carbons (Fsp3) is 0.421. The van der Waals surface area contributed by atoms with E-state index in [1.54, 1.807) is 6.26 Å². The normalized spacial score (nSPS) is 14.5. The molecule has 0 saturated carbocycles. The number of furan rings is 1. The maximum absolute atomic E-state index is 12.4. The molecular formula is C19H25N3O3. The van der Waals surface area contributed by atoms with Gasteiger partial charge in [0, 0.05) is 38.3 Å². The van der Waals surface area contributed by atoms with Crippen LogP contribution in [0.25, 0.3) is 0 Å². The van der Waals surface area contributed by atoms with Crippen molar-refractivity contribution in [2.24, 2.45) is 0 Å². The van der Waals surface area contributed by atoms with E-state index in [2.05, 4.69) is 16.3 Å². The minimum absolute atomic E-state index is 0.0293. The zero-order valence-electron chi connectivity index (χ0n) is 14.8. The molecule has 6 heteroatoms. The molecule has 1 N–H and O–H groups in total. The van der Waals surface area contributed by atoms with Crippen molar-refractivity contribution in [3.05, 3.63) is 47.9 Å². The molecule has 1 fully saturated rings. The summed E-state index contributed by atoms with van der Waals surface area (Å²) in [6.07, 6.45) is 1.64. The third-order valence-corrected chi connectivity index (χ3v) is 4.47. The topological polar surface area (TPSA) is 58.0 Å². The highest BCUT2D eigenvalue weighted by Gasteiger charge is 2.22. The average molecular weight is 343 g/mol. The fourth-order valence-corrected chi connectivity index (χ4v) is 3.02. The number of rotatable bonds is 5. The van der Waals surface area contributed by atoms with Gasteiger partial charge in [-0.3, -0.25) is 0 Å². The molecule has 0 radical (unpaired) electrons. The van der Waals surface area contributed by atoms with E-state index in [0.29, 0.717) is 26.2 Å². The first-order valence-corrected chi connectivity index (χ1v) is 8.71. The number of urea groups is 1. The predicted octanol–water partition coefficient (Wildman–Crippen LogP) is 3.02. The van der Waals surface area contributed by atoms with Gasteiger partial charge in [0.2, 0.25) is 0 Å². The van der Waals surface area contributed by atoms with Crippen molar-refractivity contribution in [3.63, 3.8) is 0 Å². The van der Waals surface area contributed by atoms with E-state index in [1.165, 1.54) is 0 Å². The van der Waals surface area contributed by atoms with Gasteiger partial charge in [-0.05, 0) is 32.0 Å². The number of piperazine rings is 1. The second-order valence-corrected chi connectivity index (χ2v) is 6.04. The van der Waals surface area contributed by atoms with Crippen molar-refractivity contribution >= 4 is 11.7 Å². The molecule has 0 spiro atoms. The van der Waals surface area contributed by atoms with Gasteiger partial charge in [-0.1, -0.05) is 12.1 Å². The molecular weight excluding hydrogens is 318 g/mol. The van der Waals surface area contributed by atoms with Crippen molar-refractivity contribution < 1.29 is 13.9 Å². The first-order valence-electron chi connectivity index (χ1n) is 8.71. The Morgan fingerprint density at radius 2 is 1.96 bits per heavy atom. The SMILES string of the molecule is CCOc1ccccc1N1CCN(C(=O)NCc2ccoc2C)CC1. The lowest BCUT2D eigenvalue weighted by Gasteiger charge is -2.36. The number of hydrogen-bond acceptors (Lipinski definition) is 4. The molecule has 1 aromatic carbocycles. The highest BCUT2D eigenvalue weighted by molar-refractivity contribution is 5.74. The van der Waals surface area contributed by atoms with Crippen LogP contribution >= 0.6 is 0 Å². The third-order valence-electron chi connectivity index (χ3n) is 4.47. The molecule has 1 aliphatic rings. The second kappa shape index (κ2) is 7.96. The number of hydrogen-bond donors (Lipinski definition) is 1. The van der Waals surface area contributed by atoms with Crippen LogP contribution in [0.2, 0.25) is 0 Å². The summed E-state index contributed by atoms with van der Waals surface area (Å²) in [4.78, 5) is 16.5. The molecule has 2 aromatic rings. The van der Waals surface area contributed by atoms with Gasteiger partial charge in [0.15, 0.2) is 0 Å². The van der Waals surface area contributed by atoms with Crippen molar-refractivity contribution in [2.45, 2.75) is 20.4 Å². The lowest BCUT2D eigenvalue weighted by molar-refractivity contribution is 0.193. The Hall–Kier alpha value is -2.63. The number of carbonyl (C=O) groups excluding carboxylic acids is 1. The zero-order valence-corrected chi connectivity index (χ0v) is 14.8. The summed E-state index contributed by atoms with van der Waals surface area (Å²) in [6.45, 7) is 8.00. The van der Waals surface area contributed by atoms with Crippen LogP contribution in [0.1, 0.15) is 18.2 Å². The number of anilines is 1. The predicted molar refractivity (Wildman–Crippen MR) is 97.1 cm³/mol. The third kappa shape index (κ3) is 4.07. The van der Waals surface area contributed by atoms with Crippen LogP contribution in [0, 0.1) is 6.92 Å². The van der Waals surface area contributed by atoms with Crippen molar-refractivity contribution in [2.75, 3.05) is 37.7 Å². The van der Waals surface area contributed by atoms with Crippen LogP contribution < -0.4 is 15.0 Å². The molecule has 1 saturated heterocycles. The number of carbonyl (C=O) groups is 1. The van der Waals surface area contributed by atoms with Gasteiger partial charge < -0.3 is 24.3 Å². The van der Waals surface area contributed by atoms with E-state index < -0.39 is 0 Å². The lowest BCUT2D eigenvalue weighted by Crippen LogP contribution is -2.51. The first kappa shape index (κ1) is 17.2. The summed E-state index contributed by atoms with van der Waals surface area (Å²) in [5, 5.41) is 2.97. The van der Waals surface area contributed by atoms with Gasteiger partial charge in [0.05, 0.1) is 18.6 Å². The molecule has 6 nitrogen and oxygen atoms in total. The van der Waals surface area contributed by atoms with E-state index in [1.807, 2.05) is 43.0 Å². The van der Waals surface area contributed by atoms with E-state index in [4.69, 9.17) is 9.15 Å². The Bertz CT molecular complexity index is 705. The first-order chi connectivity index (χ1) is 12.2. The molecule has 1 aliphatic heterocycles. The van der Waals surface area contributed by atoms with Gasteiger partial charge in [-0.25, -0.2) is 4.79 Å². The van der Waals surface area contributed by atoms with Gasteiger partial charge in [0.25, 0.3) is 0 Å². The van der Waals surface area contributed by atoms with Gasteiger partial charge >= 0.3 is 6.03 Å². The molecule has 0 atom stereocenters. The minimum Gasteiger partial charge on any atom is -0.492 e. The molecule has 0 bridgehead atoms. The molecule has 134 valence electrons. The quantitative estimate of drug-likeness (QED) is 0.907. The van der Waals surface area contributed by atoms with Crippen LogP contribution in [0.5, 0.6) is 5.75 Å². The number of nitrogens with zero attached hydrogens (tertiary/aromatic N) is 2. The molecule has 0 aliphatic carbocycles. The van der Waals surface area contributed by atoms with E-state index in [0.717, 1.165) is 35.9 Å². The highest BCUT2D eigenvalue weighted by Crippen LogP contribution is 2.28. The van der Waals surface area contributed by atoms with Gasteiger partial charge in [-0.2, -0.15) is 0 Å². The number of para-hydroxylation sites is 2. The smallest absolute Gasteiger partial charge is 0.317 e. The monoisotopic (exact) mass is 343 g/mol. The van der Waals surface area contributed by atoms with E-state index in [9.17, 15) is 4.79 Å². The molecule has 1 aromatic heterocycles. The number of amides is 2. The summed E-state index contributed by atoms with van der Waals surface area (Å²) < 4.78 is 11.0. The molecule has 0 unspecified atom stereocenters. The lowest BCUT2D eigenvalue weighted by atomic mass is 10.2. The fourth-order valence-electron chi connectivity index (χ4n) is 3.02. The summed E-state index contributed by atoms with van der Waals surface area (Å²) in [6, 6.07) is 9.92. The van der Waals surface area contributed by atoms with Crippen LogP contribution in [-0.4, -0.2) is 43.7 Å². The summed E-state index contributed by atoms with van der Waals surface area (Å²) >= 11 is 0. The van der Waals surface area contributed by atoms with Crippen molar-refractivity contribution in [1.29, 1.82) is 0 Å². The summed E-state index contributed by atoms with van der Waals surface area (Å²) in [7, 11) is 0. The van der Waals surface area contributed by atoms with Gasteiger partial charge in [0.1, 0.15) is 11.5 Å². The van der Waals surface area contributed by atoms with Crippen molar-refractivity contribution in [3.8, 4) is 5.75 Å². The highest BCUT2D eigenvalue weighted by atomic mass is 16.5. The molecule has 3 rings (SSSR count). The van der Waals surface area contributed by atoms with Gasteiger partial charge in [-0.15, -0.1) is 0 Å². The van der Waals surface area contributed by atoms with Crippen LogP contribution in [-0.2, 0) is 6.54 Å². The van der Waals surface area contributed by atoms with Crippen LogP contribution in [0.4, 0.5) is 10.5 Å². The Morgan fingerprint density at radius 3 is 2.64 bits per heavy atom. The Labute approximate surface area is 148 Å². The molecule has 25 heavy (non-hydrogen) atoms.